The lowest BCUT2D eigenvalue weighted by Crippen LogP contribution is -2.92. The Labute approximate surface area is 384 Å². The molecule has 354 valence electrons. The number of hydrogen-bond acceptors (Lipinski definition) is 12. The van der Waals surface area contributed by atoms with E-state index in [0.29, 0.717) is 6.07 Å². The maximum atomic E-state index is 17.4. The van der Waals surface area contributed by atoms with Crippen LogP contribution < -0.4 is 5.19 Å². The molecule has 13 aliphatic rings. The molecule has 7 aliphatic carbocycles. The van der Waals surface area contributed by atoms with Gasteiger partial charge in [-0.2, -0.15) is 0 Å². The summed E-state index contributed by atoms with van der Waals surface area (Å²) in [6, 6.07) is 1.50. The predicted molar refractivity (Wildman–Crippen MR) is 241 cm³/mol. The van der Waals surface area contributed by atoms with Gasteiger partial charge in [-0.3, -0.25) is 0 Å². The molecule has 6 heterocycles. The molecule has 7 saturated carbocycles. The van der Waals surface area contributed by atoms with E-state index in [4.69, 9.17) is 49.4 Å². The van der Waals surface area contributed by atoms with Crippen LogP contribution in [0.2, 0.25) is 38.8 Å². The van der Waals surface area contributed by atoms with Gasteiger partial charge >= 0.3 is 70.4 Å². The average Bonchev–Trinajstić information content (AvgIpc) is 4.12. The van der Waals surface area contributed by atoms with Crippen LogP contribution in [0.4, 0.5) is 13.2 Å². The molecule has 0 radical (unpaired) electrons. The molecule has 1 aromatic rings. The highest BCUT2D eigenvalue weighted by Crippen LogP contribution is 2.66. The number of halogens is 3. The Balaban J connectivity index is 1.17. The fraction of sp³-hybridized carbons (Fsp3) is 0.854. The second-order valence-corrected chi connectivity index (χ2v) is 47.2. The predicted octanol–water partition coefficient (Wildman–Crippen LogP) is 10.7. The van der Waals surface area contributed by atoms with E-state index in [-0.39, 0.29) is 44.0 Å². The van der Waals surface area contributed by atoms with Crippen LogP contribution in [0.5, 0.6) is 0 Å². The lowest BCUT2D eigenvalue weighted by atomic mass is 10.3. The van der Waals surface area contributed by atoms with Gasteiger partial charge < -0.3 is 49.4 Å². The monoisotopic (exact) mass is 1030 g/mol. The minimum Gasteiger partial charge on any atom is -0.373 e. The smallest absolute Gasteiger partial charge is 0.373 e. The fourth-order valence-corrected chi connectivity index (χ4v) is 70.0. The first-order chi connectivity index (χ1) is 31.0. The lowest BCUT2D eigenvalue weighted by molar-refractivity contribution is -0.0428. The van der Waals surface area contributed by atoms with E-state index in [1.54, 1.807) is 0 Å². The van der Waals surface area contributed by atoms with Crippen LogP contribution in [0.1, 0.15) is 180 Å². The number of rotatable bonds is 8. The summed E-state index contributed by atoms with van der Waals surface area (Å²) in [6.07, 6.45) is 24.5. The topological polar surface area (TPSA) is 111 Å². The second-order valence-electron chi connectivity index (χ2n) is 21.6. The minimum atomic E-state index is -5.05. The summed E-state index contributed by atoms with van der Waals surface area (Å²) >= 11 is 0. The Bertz CT molecular complexity index is 1780. The van der Waals surface area contributed by atoms with Gasteiger partial charge in [0.2, 0.25) is 0 Å². The van der Waals surface area contributed by atoms with E-state index in [1.807, 2.05) is 0 Å². The number of hydrogen-bond donors (Lipinski definition) is 0. The molecule has 23 heteroatoms. The van der Waals surface area contributed by atoms with Gasteiger partial charge in [-0.1, -0.05) is 89.9 Å². The van der Waals surface area contributed by atoms with Crippen molar-refractivity contribution >= 4 is 75.6 Å². The van der Waals surface area contributed by atoms with Gasteiger partial charge in [0.15, 0.2) is 11.6 Å². The third kappa shape index (κ3) is 6.81. The zero-order chi connectivity index (χ0) is 43.0. The number of benzene rings is 1. The zero-order valence-corrected chi connectivity index (χ0v) is 45.0. The van der Waals surface area contributed by atoms with Crippen molar-refractivity contribution in [3.8, 4) is 0 Å². The highest BCUT2D eigenvalue weighted by molar-refractivity contribution is 7.06. The Morgan fingerprint density at radius 3 is 0.672 bits per heavy atom. The summed E-state index contributed by atoms with van der Waals surface area (Å²) < 4.78 is 148. The van der Waals surface area contributed by atoms with Crippen molar-refractivity contribution in [3.05, 3.63) is 29.6 Å². The van der Waals surface area contributed by atoms with Gasteiger partial charge in [0.1, 0.15) is 5.82 Å². The normalized spacial score (nSPS) is 46.4. The van der Waals surface area contributed by atoms with Crippen LogP contribution in [0.3, 0.4) is 0 Å². The molecule has 0 spiro atoms. The summed E-state index contributed by atoms with van der Waals surface area (Å²) in [7, 11) is -34.9. The molecule has 0 atom stereocenters. The van der Waals surface area contributed by atoms with Crippen molar-refractivity contribution in [1.29, 1.82) is 0 Å². The van der Waals surface area contributed by atoms with Crippen LogP contribution in [0, 0.1) is 17.5 Å². The molecule has 0 amide bonds. The Morgan fingerprint density at radius 2 is 0.453 bits per heavy atom. The summed E-state index contributed by atoms with van der Waals surface area (Å²) in [5.74, 6) is -3.54. The van der Waals surface area contributed by atoms with Crippen molar-refractivity contribution in [2.24, 2.45) is 0 Å². The van der Waals surface area contributed by atoms with E-state index in [2.05, 4.69) is 0 Å². The summed E-state index contributed by atoms with van der Waals surface area (Å²) in [5, 5.41) is -0.302. The van der Waals surface area contributed by atoms with Crippen LogP contribution >= 0.6 is 0 Å². The first-order valence-electron chi connectivity index (χ1n) is 25.6. The van der Waals surface area contributed by atoms with Gasteiger partial charge in [-0.15, -0.1) is 0 Å². The van der Waals surface area contributed by atoms with Gasteiger partial charge in [0, 0.05) is 44.9 Å². The molecular formula is C41H65F3O12Si8. The molecular weight excluding hydrogens is 966 g/mol. The van der Waals surface area contributed by atoms with Crippen molar-refractivity contribution < 1.29 is 62.6 Å². The van der Waals surface area contributed by atoms with Gasteiger partial charge in [-0.25, -0.2) is 13.2 Å². The SMILES string of the molecule is Fc1cc(F)c([Si]23O[Si]4(C5CCCC5)O[Si]5(C6CCCC6)O[Si](C6CCCC6)(O2)O[Si]2(C6CCCC6)O[Si](C6CCCC6)(O3)O[Si](C3CCCC3)(O4)O[Si](C3CCCC3)(O5)O2)cc1F. The summed E-state index contributed by atoms with van der Waals surface area (Å²) in [5.41, 5.74) is -1.29. The first-order valence-corrected chi connectivity index (χ1v) is 39.9. The van der Waals surface area contributed by atoms with Crippen LogP contribution in [0.15, 0.2) is 12.1 Å². The quantitative estimate of drug-likeness (QED) is 0.183. The fourth-order valence-electron chi connectivity index (χ4n) is 14.5. The third-order valence-electron chi connectivity index (χ3n) is 17.7. The Hall–Kier alpha value is 0.265. The van der Waals surface area contributed by atoms with E-state index in [9.17, 15) is 0 Å². The second kappa shape index (κ2) is 16.1. The maximum absolute atomic E-state index is 17.4. The summed E-state index contributed by atoms with van der Waals surface area (Å²) in [6.45, 7) is 0. The molecule has 6 saturated heterocycles. The standard InChI is InChI=1S/C41H65F3O12Si8/c42-38-29-40(44)41(30-39(38)43)64-54-61(35-23-9-10-24-35)48-58(32-17-3-4-18-32)45-57(31-15-1-2-16-31)46-59(50-61,33-19-5-6-20-33)52-63(56-64,37-27-13-14-28-37)53-60(47-57,34-21-7-8-22-34)51-62(49-58,55-64)36-25-11-12-26-36/h29-37H,1-28H2. The van der Waals surface area contributed by atoms with Crippen LogP contribution in [0.25, 0.3) is 0 Å². The molecule has 13 fully saturated rings. The van der Waals surface area contributed by atoms with E-state index in [1.165, 1.54) is 0 Å². The lowest BCUT2D eigenvalue weighted by Gasteiger charge is -2.66. The van der Waals surface area contributed by atoms with E-state index >= 15 is 13.2 Å². The Kier molecular flexibility index (Phi) is 11.2. The third-order valence-corrected chi connectivity index (χ3v) is 56.9. The largest absolute Gasteiger partial charge is 0.518 e. The Morgan fingerprint density at radius 1 is 0.266 bits per heavy atom. The summed E-state index contributed by atoms with van der Waals surface area (Å²) in [4.78, 5) is 0. The molecule has 1 aromatic carbocycles. The molecule has 8 bridgehead atoms. The van der Waals surface area contributed by atoms with Crippen LogP contribution in [-0.4, -0.2) is 70.4 Å². The van der Waals surface area contributed by atoms with Crippen molar-refractivity contribution in [2.45, 2.75) is 219 Å². The van der Waals surface area contributed by atoms with Crippen molar-refractivity contribution in [1.82, 2.24) is 0 Å². The van der Waals surface area contributed by atoms with Crippen molar-refractivity contribution in [2.75, 3.05) is 0 Å². The van der Waals surface area contributed by atoms with Gasteiger partial charge in [0.25, 0.3) is 0 Å². The highest BCUT2D eigenvalue weighted by atomic mass is 28.6. The zero-order valence-electron chi connectivity index (χ0n) is 37.0. The molecule has 0 aromatic heterocycles. The molecule has 14 rings (SSSR count). The maximum Gasteiger partial charge on any atom is 0.518 e. The molecule has 0 N–H and O–H groups in total. The van der Waals surface area contributed by atoms with Gasteiger partial charge in [-0.05, 0) is 96.0 Å². The molecule has 12 nitrogen and oxygen atoms in total. The van der Waals surface area contributed by atoms with E-state index < -0.39 is 87.9 Å². The highest BCUT2D eigenvalue weighted by Gasteiger charge is 2.88. The minimum absolute atomic E-state index is 0.0609. The molecule has 64 heavy (non-hydrogen) atoms. The van der Waals surface area contributed by atoms with E-state index in [0.717, 1.165) is 186 Å². The van der Waals surface area contributed by atoms with Gasteiger partial charge in [0.05, 0.1) is 5.19 Å². The molecule has 0 unspecified atom stereocenters. The average molecular weight is 1030 g/mol. The molecule has 6 aliphatic heterocycles. The van der Waals surface area contributed by atoms with Crippen LogP contribution in [-0.2, 0) is 49.4 Å². The first kappa shape index (κ1) is 44.2. The van der Waals surface area contributed by atoms with Crippen molar-refractivity contribution in [3.63, 3.8) is 0 Å².